The summed E-state index contributed by atoms with van der Waals surface area (Å²) in [5.74, 6) is -0.404. The molecular formula is C25H21N3O5. The molecule has 2 aromatic carbocycles. The lowest BCUT2D eigenvalue weighted by Crippen LogP contribution is -2.24. The van der Waals surface area contributed by atoms with Crippen molar-refractivity contribution in [2.75, 3.05) is 10.6 Å². The first-order chi connectivity index (χ1) is 16.0. The Morgan fingerprint density at radius 3 is 2.27 bits per heavy atom. The third-order valence-electron chi connectivity index (χ3n) is 4.92. The number of hydrogen-bond acceptors (Lipinski definition) is 5. The second kappa shape index (κ2) is 9.69. The molecule has 0 radical (unpaired) electrons. The lowest BCUT2D eigenvalue weighted by molar-refractivity contribution is 0.0947. The largest absolute Gasteiger partial charge is 0.467 e. The molecule has 3 N–H and O–H groups in total. The number of benzene rings is 2. The van der Waals surface area contributed by atoms with Gasteiger partial charge in [-0.1, -0.05) is 18.2 Å². The van der Waals surface area contributed by atoms with Gasteiger partial charge in [0.15, 0.2) is 5.76 Å². The average Bonchev–Trinajstić information content (AvgIpc) is 3.54. The van der Waals surface area contributed by atoms with Crippen molar-refractivity contribution in [1.82, 2.24) is 5.32 Å². The van der Waals surface area contributed by atoms with Gasteiger partial charge in [0.2, 0.25) is 0 Å². The molecule has 8 heteroatoms. The Hall–Kier alpha value is -4.59. The van der Waals surface area contributed by atoms with Crippen LogP contribution in [0.3, 0.4) is 0 Å². The number of carbonyl (C=O) groups excluding carboxylic acids is 3. The summed E-state index contributed by atoms with van der Waals surface area (Å²) in [5, 5.41) is 8.29. The van der Waals surface area contributed by atoms with Crippen molar-refractivity contribution in [2.45, 2.75) is 13.5 Å². The highest BCUT2D eigenvalue weighted by atomic mass is 16.3. The van der Waals surface area contributed by atoms with Gasteiger partial charge in [-0.25, -0.2) is 0 Å². The normalized spacial score (nSPS) is 10.5. The van der Waals surface area contributed by atoms with Gasteiger partial charge in [-0.2, -0.15) is 0 Å². The molecule has 0 bridgehead atoms. The Bertz CT molecular complexity index is 1280. The number of aryl methyl sites for hydroxylation is 1. The number of amides is 3. The minimum absolute atomic E-state index is 0.166. The van der Waals surface area contributed by atoms with Crippen LogP contribution in [0.1, 0.15) is 42.6 Å². The highest BCUT2D eigenvalue weighted by Gasteiger charge is 2.16. The van der Waals surface area contributed by atoms with Crippen molar-refractivity contribution < 1.29 is 23.2 Å². The number of nitrogens with one attached hydrogen (secondary N) is 3. The summed E-state index contributed by atoms with van der Waals surface area (Å²) in [6.45, 7) is 2.04. The van der Waals surface area contributed by atoms with E-state index in [0.717, 1.165) is 5.56 Å². The first-order valence-electron chi connectivity index (χ1n) is 10.2. The molecule has 33 heavy (non-hydrogen) atoms. The summed E-state index contributed by atoms with van der Waals surface area (Å²) in [7, 11) is 0. The van der Waals surface area contributed by atoms with Crippen LogP contribution < -0.4 is 16.0 Å². The van der Waals surface area contributed by atoms with Gasteiger partial charge >= 0.3 is 0 Å². The number of rotatable bonds is 7. The number of para-hydroxylation sites is 1. The van der Waals surface area contributed by atoms with Gasteiger partial charge in [0.05, 0.1) is 30.3 Å². The van der Waals surface area contributed by atoms with Crippen LogP contribution in [0, 0.1) is 6.92 Å². The SMILES string of the molecule is Cc1ccc(C(=O)Nc2ccccc2C(=O)NCc2ccco2)cc1NC(=O)c1ccco1. The Kier molecular flexibility index (Phi) is 6.36. The lowest BCUT2D eigenvalue weighted by Gasteiger charge is -2.13. The standard InChI is InChI=1S/C25H21N3O5/c1-16-10-11-17(14-21(16)28-25(31)22-9-5-13-33-22)23(29)27-20-8-3-2-7-19(20)24(30)26-15-18-6-4-12-32-18/h2-14H,15H2,1H3,(H,26,30)(H,27,29)(H,28,31). The first kappa shape index (κ1) is 21.6. The highest BCUT2D eigenvalue weighted by molar-refractivity contribution is 6.10. The van der Waals surface area contributed by atoms with Crippen molar-refractivity contribution in [3.05, 3.63) is 107 Å². The molecule has 0 spiro atoms. The number of furan rings is 2. The van der Waals surface area contributed by atoms with E-state index in [0.29, 0.717) is 28.3 Å². The molecule has 166 valence electrons. The van der Waals surface area contributed by atoms with Gasteiger partial charge in [-0.15, -0.1) is 0 Å². The zero-order valence-electron chi connectivity index (χ0n) is 17.8. The second-order valence-electron chi connectivity index (χ2n) is 7.22. The zero-order chi connectivity index (χ0) is 23.2. The van der Waals surface area contributed by atoms with Gasteiger partial charge in [0.1, 0.15) is 5.76 Å². The van der Waals surface area contributed by atoms with Gasteiger partial charge in [0, 0.05) is 11.3 Å². The van der Waals surface area contributed by atoms with E-state index in [4.69, 9.17) is 8.83 Å². The Morgan fingerprint density at radius 2 is 1.52 bits per heavy atom. The van der Waals surface area contributed by atoms with Crippen LogP contribution in [0.25, 0.3) is 0 Å². The fourth-order valence-electron chi connectivity index (χ4n) is 3.15. The smallest absolute Gasteiger partial charge is 0.291 e. The van der Waals surface area contributed by atoms with Crippen molar-refractivity contribution in [1.29, 1.82) is 0 Å². The monoisotopic (exact) mass is 443 g/mol. The molecule has 0 saturated heterocycles. The maximum Gasteiger partial charge on any atom is 0.291 e. The predicted molar refractivity (Wildman–Crippen MR) is 122 cm³/mol. The van der Waals surface area contributed by atoms with Crippen molar-refractivity contribution >= 4 is 29.1 Å². The van der Waals surface area contributed by atoms with Crippen LogP contribution in [0.15, 0.2) is 88.1 Å². The van der Waals surface area contributed by atoms with Crippen molar-refractivity contribution in [3.63, 3.8) is 0 Å². The summed E-state index contributed by atoms with van der Waals surface area (Å²) >= 11 is 0. The molecule has 8 nitrogen and oxygen atoms in total. The van der Waals surface area contributed by atoms with Crippen LogP contribution in [0.2, 0.25) is 0 Å². The summed E-state index contributed by atoms with van der Waals surface area (Å²) < 4.78 is 10.3. The molecule has 0 aliphatic carbocycles. The zero-order valence-corrected chi connectivity index (χ0v) is 17.8. The van der Waals surface area contributed by atoms with Crippen LogP contribution >= 0.6 is 0 Å². The Labute approximate surface area is 189 Å². The van der Waals surface area contributed by atoms with Gasteiger partial charge in [-0.3, -0.25) is 14.4 Å². The fourth-order valence-corrected chi connectivity index (χ4v) is 3.15. The van der Waals surface area contributed by atoms with Gasteiger partial charge in [0.25, 0.3) is 17.7 Å². The van der Waals surface area contributed by atoms with E-state index in [9.17, 15) is 14.4 Å². The van der Waals surface area contributed by atoms with Crippen LogP contribution in [0.5, 0.6) is 0 Å². The fraction of sp³-hybridized carbons (Fsp3) is 0.0800. The average molecular weight is 443 g/mol. The molecule has 2 heterocycles. The number of anilines is 2. The van der Waals surface area contributed by atoms with E-state index in [-0.39, 0.29) is 18.2 Å². The Morgan fingerprint density at radius 1 is 0.758 bits per heavy atom. The Balaban J connectivity index is 1.48. The van der Waals surface area contributed by atoms with E-state index in [2.05, 4.69) is 16.0 Å². The molecular weight excluding hydrogens is 422 g/mol. The predicted octanol–water partition coefficient (Wildman–Crippen LogP) is 4.62. The molecule has 0 aliphatic heterocycles. The topological polar surface area (TPSA) is 114 Å². The summed E-state index contributed by atoms with van der Waals surface area (Å²) in [4.78, 5) is 37.9. The minimum atomic E-state index is -0.421. The summed E-state index contributed by atoms with van der Waals surface area (Å²) in [5.41, 5.74) is 2.26. The van der Waals surface area contributed by atoms with Crippen molar-refractivity contribution in [3.8, 4) is 0 Å². The molecule has 0 fully saturated rings. The minimum Gasteiger partial charge on any atom is -0.467 e. The molecule has 0 aliphatic rings. The van der Waals surface area contributed by atoms with Crippen LogP contribution in [-0.2, 0) is 6.54 Å². The van der Waals surface area contributed by atoms with Crippen LogP contribution in [-0.4, -0.2) is 17.7 Å². The number of carbonyl (C=O) groups is 3. The molecule has 2 aromatic heterocycles. The van der Waals surface area contributed by atoms with Crippen LogP contribution in [0.4, 0.5) is 11.4 Å². The quantitative estimate of drug-likeness (QED) is 0.386. The second-order valence-corrected chi connectivity index (χ2v) is 7.22. The highest BCUT2D eigenvalue weighted by Crippen LogP contribution is 2.21. The van der Waals surface area contributed by atoms with E-state index < -0.39 is 11.8 Å². The van der Waals surface area contributed by atoms with Gasteiger partial charge < -0.3 is 24.8 Å². The molecule has 4 aromatic rings. The molecule has 0 saturated carbocycles. The molecule has 0 atom stereocenters. The molecule has 0 unspecified atom stereocenters. The molecule has 3 amide bonds. The summed E-state index contributed by atoms with van der Waals surface area (Å²) in [6, 6.07) is 18.3. The summed E-state index contributed by atoms with van der Waals surface area (Å²) in [6.07, 6.45) is 2.94. The van der Waals surface area contributed by atoms with Crippen molar-refractivity contribution in [2.24, 2.45) is 0 Å². The van der Waals surface area contributed by atoms with E-state index in [1.165, 1.54) is 12.5 Å². The van der Waals surface area contributed by atoms with E-state index in [1.807, 2.05) is 6.92 Å². The lowest BCUT2D eigenvalue weighted by atomic mass is 10.1. The third-order valence-corrected chi connectivity index (χ3v) is 4.92. The third kappa shape index (κ3) is 5.19. The first-order valence-corrected chi connectivity index (χ1v) is 10.2. The maximum absolute atomic E-state index is 12.9. The van der Waals surface area contributed by atoms with Gasteiger partial charge in [-0.05, 0) is 61.0 Å². The van der Waals surface area contributed by atoms with E-state index >= 15 is 0 Å². The number of hydrogen-bond donors (Lipinski definition) is 3. The maximum atomic E-state index is 12.9. The van der Waals surface area contributed by atoms with E-state index in [1.54, 1.807) is 66.7 Å². The molecule has 4 rings (SSSR count).